The molecule has 4 rings (SSSR count). The molecule has 0 atom stereocenters. The van der Waals surface area contributed by atoms with E-state index in [0.29, 0.717) is 0 Å². The number of hydrogen-bond donors (Lipinski definition) is 1. The number of pyridine rings is 2. The van der Waals surface area contributed by atoms with Crippen molar-refractivity contribution in [2.24, 2.45) is 0 Å². The lowest BCUT2D eigenvalue weighted by Gasteiger charge is -2.15. The van der Waals surface area contributed by atoms with Crippen LogP contribution in [0.3, 0.4) is 0 Å². The van der Waals surface area contributed by atoms with Crippen LogP contribution in [0.15, 0.2) is 50.2 Å². The molecule has 2 aromatic heterocycles. The molecule has 0 aliphatic carbocycles. The Hall–Kier alpha value is -0.500. The maximum absolute atomic E-state index is 4.34. The van der Waals surface area contributed by atoms with Crippen LogP contribution in [0, 0.1) is 0 Å². The van der Waals surface area contributed by atoms with Crippen molar-refractivity contribution in [1.82, 2.24) is 15.3 Å². The number of nitrogens with zero attached hydrogens (tertiary/aromatic N) is 3. The molecule has 4 heterocycles. The Bertz CT molecular complexity index is 566. The Morgan fingerprint density at radius 3 is 1.76 bits per heavy atom. The summed E-state index contributed by atoms with van der Waals surface area (Å²) in [7, 11) is 0. The first-order valence-electron chi connectivity index (χ1n) is 8.49. The maximum Gasteiger partial charge on any atom is 0.128 e. The van der Waals surface area contributed by atoms with Gasteiger partial charge in [0.25, 0.3) is 0 Å². The monoisotopic (exact) mass is 532 g/mol. The minimum absolute atomic E-state index is 0.862. The zero-order valence-electron chi connectivity index (χ0n) is 14.1. The van der Waals surface area contributed by atoms with Crippen molar-refractivity contribution < 1.29 is 0 Å². The lowest BCUT2D eigenvalue weighted by Crippen LogP contribution is -2.18. The highest BCUT2D eigenvalue weighted by Gasteiger charge is 2.12. The summed E-state index contributed by atoms with van der Waals surface area (Å²) < 4.78 is 2.91. The lowest BCUT2D eigenvalue weighted by atomic mass is 10.4. The number of anilines is 1. The van der Waals surface area contributed by atoms with Crippen molar-refractivity contribution in [1.29, 1.82) is 0 Å². The third kappa shape index (κ3) is 8.62. The summed E-state index contributed by atoms with van der Waals surface area (Å²) in [5, 5.41) is 3.22. The normalized spacial score (nSPS) is 15.9. The highest BCUT2D eigenvalue weighted by Crippen LogP contribution is 2.18. The Balaban J connectivity index is 0.000000149. The molecule has 0 unspecified atom stereocenters. The van der Waals surface area contributed by atoms with Gasteiger partial charge >= 0.3 is 0 Å². The molecular formula is C18H23Br3N4. The smallest absolute Gasteiger partial charge is 0.128 e. The van der Waals surface area contributed by atoms with Crippen LogP contribution in [0.4, 0.5) is 5.82 Å². The molecule has 2 fully saturated rings. The second kappa shape index (κ2) is 12.0. The first-order chi connectivity index (χ1) is 12.1. The molecule has 25 heavy (non-hydrogen) atoms. The second-order valence-corrected chi connectivity index (χ2v) is 8.43. The molecule has 7 heteroatoms. The van der Waals surface area contributed by atoms with Gasteiger partial charge in [0.05, 0.1) is 0 Å². The van der Waals surface area contributed by atoms with Crippen LogP contribution in [0.25, 0.3) is 0 Å². The van der Waals surface area contributed by atoms with Gasteiger partial charge in [-0.3, -0.25) is 0 Å². The van der Waals surface area contributed by atoms with Gasteiger partial charge in [-0.15, -0.1) is 0 Å². The average molecular weight is 535 g/mol. The third-order valence-corrected chi connectivity index (χ3v) is 5.20. The average Bonchev–Trinajstić information content (AvgIpc) is 3.35. The standard InChI is InChI=1S/C9H11BrN2.C5H3Br2N.C4H9N/c10-8-3-4-9(11-7-8)12-5-1-2-6-12;6-4-1-2-5(7)8-3-4;1-2-4-5-3-1/h3-4,7H,1-2,5-6H2;1-3H;5H,1-4H2. The van der Waals surface area contributed by atoms with Gasteiger partial charge in [0.15, 0.2) is 0 Å². The van der Waals surface area contributed by atoms with E-state index in [0.717, 1.165) is 32.5 Å². The fraction of sp³-hybridized carbons (Fsp3) is 0.444. The summed E-state index contributed by atoms with van der Waals surface area (Å²) in [6, 6.07) is 7.91. The van der Waals surface area contributed by atoms with Crippen molar-refractivity contribution in [2.45, 2.75) is 25.7 Å². The topological polar surface area (TPSA) is 41.1 Å². The molecule has 0 amide bonds. The predicted octanol–water partition coefficient (Wildman–Crippen LogP) is 5.42. The first kappa shape index (κ1) is 20.8. The van der Waals surface area contributed by atoms with Gasteiger partial charge in [-0.2, -0.15) is 0 Å². The summed E-state index contributed by atoms with van der Waals surface area (Å²) >= 11 is 9.85. The zero-order chi connectivity index (χ0) is 17.9. The fourth-order valence-electron chi connectivity index (χ4n) is 2.48. The summed E-state index contributed by atoms with van der Waals surface area (Å²) in [6.07, 6.45) is 8.98. The van der Waals surface area contributed by atoms with Gasteiger partial charge in [-0.1, -0.05) is 0 Å². The minimum Gasteiger partial charge on any atom is -0.357 e. The predicted molar refractivity (Wildman–Crippen MR) is 115 cm³/mol. The van der Waals surface area contributed by atoms with Gasteiger partial charge in [0, 0.05) is 34.4 Å². The minimum atomic E-state index is 0.862. The molecule has 2 aromatic rings. The van der Waals surface area contributed by atoms with Crippen LogP contribution in [0.1, 0.15) is 25.7 Å². The molecule has 2 aliphatic heterocycles. The molecule has 4 nitrogen and oxygen atoms in total. The zero-order valence-corrected chi connectivity index (χ0v) is 18.9. The fourth-order valence-corrected chi connectivity index (χ4v) is 3.19. The van der Waals surface area contributed by atoms with Crippen molar-refractivity contribution in [2.75, 3.05) is 31.1 Å². The van der Waals surface area contributed by atoms with Crippen LogP contribution in [-0.4, -0.2) is 36.1 Å². The van der Waals surface area contributed by atoms with Crippen molar-refractivity contribution in [3.8, 4) is 0 Å². The Morgan fingerprint density at radius 1 is 0.760 bits per heavy atom. The van der Waals surface area contributed by atoms with Gasteiger partial charge < -0.3 is 10.2 Å². The highest BCUT2D eigenvalue weighted by atomic mass is 79.9. The van der Waals surface area contributed by atoms with E-state index in [1.165, 1.54) is 38.8 Å². The van der Waals surface area contributed by atoms with Crippen molar-refractivity contribution in [3.05, 3.63) is 50.2 Å². The summed E-state index contributed by atoms with van der Waals surface area (Å²) in [4.78, 5) is 10.6. The number of hydrogen-bond acceptors (Lipinski definition) is 4. The molecule has 0 saturated carbocycles. The molecular weight excluding hydrogens is 512 g/mol. The van der Waals surface area contributed by atoms with Crippen LogP contribution >= 0.6 is 47.8 Å². The van der Waals surface area contributed by atoms with E-state index >= 15 is 0 Å². The highest BCUT2D eigenvalue weighted by molar-refractivity contribution is 9.11. The SMILES string of the molecule is Brc1ccc(Br)nc1.Brc1ccc(N2CCCC2)nc1.C1CCNC1. The van der Waals surface area contributed by atoms with Crippen LogP contribution in [0.5, 0.6) is 0 Å². The van der Waals surface area contributed by atoms with E-state index in [4.69, 9.17) is 0 Å². The number of nitrogens with one attached hydrogen (secondary N) is 1. The van der Waals surface area contributed by atoms with E-state index in [1.54, 1.807) is 6.20 Å². The molecule has 2 aliphatic rings. The maximum atomic E-state index is 4.34. The summed E-state index contributed by atoms with van der Waals surface area (Å²) in [6.45, 7) is 4.82. The molecule has 0 aromatic carbocycles. The summed E-state index contributed by atoms with van der Waals surface area (Å²) in [5.74, 6) is 1.11. The molecule has 0 radical (unpaired) electrons. The molecule has 0 bridgehead atoms. The quantitative estimate of drug-likeness (QED) is 0.496. The second-order valence-electron chi connectivity index (χ2n) is 5.79. The largest absolute Gasteiger partial charge is 0.357 e. The van der Waals surface area contributed by atoms with Crippen LogP contribution < -0.4 is 10.2 Å². The first-order valence-corrected chi connectivity index (χ1v) is 10.9. The summed E-state index contributed by atoms with van der Waals surface area (Å²) in [5.41, 5.74) is 0. The van der Waals surface area contributed by atoms with E-state index in [9.17, 15) is 0 Å². The van der Waals surface area contributed by atoms with Gasteiger partial charge in [0.2, 0.25) is 0 Å². The van der Waals surface area contributed by atoms with Crippen LogP contribution in [-0.2, 0) is 0 Å². The Morgan fingerprint density at radius 2 is 1.36 bits per heavy atom. The van der Waals surface area contributed by atoms with Crippen molar-refractivity contribution >= 4 is 53.6 Å². The molecule has 0 spiro atoms. The van der Waals surface area contributed by atoms with E-state index < -0.39 is 0 Å². The van der Waals surface area contributed by atoms with Gasteiger partial charge in [0.1, 0.15) is 10.4 Å². The molecule has 136 valence electrons. The number of rotatable bonds is 1. The number of aromatic nitrogens is 2. The van der Waals surface area contributed by atoms with Gasteiger partial charge in [-0.25, -0.2) is 9.97 Å². The molecule has 1 N–H and O–H groups in total. The Kier molecular flexibility index (Phi) is 9.98. The van der Waals surface area contributed by atoms with Crippen LogP contribution in [0.2, 0.25) is 0 Å². The van der Waals surface area contributed by atoms with E-state index in [2.05, 4.69) is 74.0 Å². The van der Waals surface area contributed by atoms with Crippen molar-refractivity contribution in [3.63, 3.8) is 0 Å². The third-order valence-electron chi connectivity index (χ3n) is 3.79. The molecule has 2 saturated heterocycles. The van der Waals surface area contributed by atoms with E-state index in [1.807, 2.05) is 24.4 Å². The lowest BCUT2D eigenvalue weighted by molar-refractivity contribution is 0.857. The van der Waals surface area contributed by atoms with Gasteiger partial charge in [-0.05, 0) is 111 Å². The Labute approximate surface area is 175 Å². The van der Waals surface area contributed by atoms with E-state index in [-0.39, 0.29) is 0 Å². The number of halogens is 3.